The second kappa shape index (κ2) is 4.41. The molecule has 1 aromatic heterocycles. The third kappa shape index (κ3) is 2.20. The fourth-order valence-electron chi connectivity index (χ4n) is 1.54. The highest BCUT2D eigenvalue weighted by Crippen LogP contribution is 2.35. The molecule has 0 radical (unpaired) electrons. The molecule has 0 saturated carbocycles. The molecule has 2 aromatic rings. The summed E-state index contributed by atoms with van der Waals surface area (Å²) in [7, 11) is 0. The molecule has 1 aromatic carbocycles. The Morgan fingerprint density at radius 1 is 1.06 bits per heavy atom. The van der Waals surface area contributed by atoms with E-state index >= 15 is 0 Å². The van der Waals surface area contributed by atoms with Gasteiger partial charge < -0.3 is 0 Å². The molecule has 86 valence electrons. The Kier molecular flexibility index (Phi) is 2.95. The Bertz CT molecular complexity index is 526. The Morgan fingerprint density at radius 2 is 1.76 bits per heavy atom. The maximum absolute atomic E-state index is 14.1. The molecule has 0 aliphatic heterocycles. The highest BCUT2D eigenvalue weighted by atomic mass is 19.3. The van der Waals surface area contributed by atoms with Gasteiger partial charge in [0.25, 0.3) is 5.92 Å². The van der Waals surface area contributed by atoms with Gasteiger partial charge in [0.2, 0.25) is 0 Å². The third-order valence-electron chi connectivity index (χ3n) is 2.43. The molecule has 4 heteroatoms. The number of pyridine rings is 1. The van der Waals surface area contributed by atoms with Gasteiger partial charge in [-0.25, -0.2) is 0 Å². The van der Waals surface area contributed by atoms with E-state index in [0.29, 0.717) is 6.29 Å². The van der Waals surface area contributed by atoms with E-state index < -0.39 is 5.92 Å². The zero-order valence-corrected chi connectivity index (χ0v) is 8.81. The highest BCUT2D eigenvalue weighted by molar-refractivity contribution is 5.75. The Balaban J connectivity index is 2.47. The monoisotopic (exact) mass is 233 g/mol. The summed E-state index contributed by atoms with van der Waals surface area (Å²) in [6, 6.07) is 7.93. The van der Waals surface area contributed by atoms with Crippen LogP contribution in [0.2, 0.25) is 0 Å². The minimum Gasteiger partial charge on any atom is -0.298 e. The van der Waals surface area contributed by atoms with Crippen molar-refractivity contribution in [3.8, 4) is 0 Å². The molecule has 1 heterocycles. The van der Waals surface area contributed by atoms with Gasteiger partial charge in [-0.3, -0.25) is 9.78 Å². The van der Waals surface area contributed by atoms with Gasteiger partial charge in [-0.05, 0) is 18.2 Å². The van der Waals surface area contributed by atoms with Crippen LogP contribution in [0.1, 0.15) is 21.5 Å². The highest BCUT2D eigenvalue weighted by Gasteiger charge is 2.33. The number of hydrogen-bond donors (Lipinski definition) is 0. The summed E-state index contributed by atoms with van der Waals surface area (Å²) in [5.74, 6) is -3.12. The first-order valence-corrected chi connectivity index (χ1v) is 4.98. The first-order chi connectivity index (χ1) is 8.14. The maximum Gasteiger partial charge on any atom is 0.298 e. The topological polar surface area (TPSA) is 30.0 Å². The van der Waals surface area contributed by atoms with Crippen molar-refractivity contribution in [3.05, 3.63) is 65.5 Å². The van der Waals surface area contributed by atoms with Crippen LogP contribution in [-0.4, -0.2) is 11.3 Å². The summed E-state index contributed by atoms with van der Waals surface area (Å²) < 4.78 is 28.1. The number of nitrogens with zero attached hydrogens (tertiary/aromatic N) is 1. The summed E-state index contributed by atoms with van der Waals surface area (Å²) in [6.07, 6.45) is 3.17. The Labute approximate surface area is 96.9 Å². The van der Waals surface area contributed by atoms with Crippen LogP contribution in [0.25, 0.3) is 0 Å². The molecule has 17 heavy (non-hydrogen) atoms. The predicted molar refractivity (Wildman–Crippen MR) is 59.1 cm³/mol. The van der Waals surface area contributed by atoms with Crippen molar-refractivity contribution in [1.82, 2.24) is 4.98 Å². The van der Waals surface area contributed by atoms with Crippen molar-refractivity contribution >= 4 is 6.29 Å². The number of halogens is 2. The minimum absolute atomic E-state index is 0.143. The third-order valence-corrected chi connectivity index (χ3v) is 2.43. The summed E-state index contributed by atoms with van der Waals surface area (Å²) in [6.45, 7) is 0. The van der Waals surface area contributed by atoms with Gasteiger partial charge >= 0.3 is 0 Å². The molecule has 2 rings (SSSR count). The van der Waals surface area contributed by atoms with Crippen molar-refractivity contribution in [1.29, 1.82) is 0 Å². The van der Waals surface area contributed by atoms with Crippen LogP contribution in [0.4, 0.5) is 8.78 Å². The molecule has 0 spiro atoms. The van der Waals surface area contributed by atoms with Crippen molar-refractivity contribution in [2.24, 2.45) is 0 Å². The summed E-state index contributed by atoms with van der Waals surface area (Å²) in [5, 5.41) is 0. The SMILES string of the molecule is O=Cc1cccc(C(F)(F)c2ccncc2)c1. The number of benzene rings is 1. The fraction of sp³-hybridized carbons (Fsp3) is 0.0769. The van der Waals surface area contributed by atoms with E-state index in [1.807, 2.05) is 0 Å². The molecule has 0 aliphatic carbocycles. The average Bonchev–Trinajstić information content (AvgIpc) is 2.40. The van der Waals surface area contributed by atoms with Gasteiger partial charge in [-0.2, -0.15) is 8.78 Å². The zero-order valence-electron chi connectivity index (χ0n) is 8.81. The van der Waals surface area contributed by atoms with Gasteiger partial charge in [0.1, 0.15) is 6.29 Å². The molecule has 0 amide bonds. The second-order valence-electron chi connectivity index (χ2n) is 3.55. The van der Waals surface area contributed by atoms with Crippen LogP contribution < -0.4 is 0 Å². The number of aldehydes is 1. The molecule has 0 aliphatic rings. The van der Waals surface area contributed by atoms with E-state index in [4.69, 9.17) is 0 Å². The fourth-order valence-corrected chi connectivity index (χ4v) is 1.54. The standard InChI is InChI=1S/C13H9F2NO/c14-13(15,11-4-6-16-7-5-11)12-3-1-2-10(8-12)9-17/h1-9H. The van der Waals surface area contributed by atoms with Crippen molar-refractivity contribution in [3.63, 3.8) is 0 Å². The van der Waals surface area contributed by atoms with Crippen molar-refractivity contribution in [2.75, 3.05) is 0 Å². The number of carbonyl (C=O) groups is 1. The molecule has 0 unspecified atom stereocenters. The Hall–Kier alpha value is -2.10. The molecule has 0 saturated heterocycles. The van der Waals surface area contributed by atoms with Crippen LogP contribution in [0.5, 0.6) is 0 Å². The molecular weight excluding hydrogens is 224 g/mol. The molecule has 0 bridgehead atoms. The van der Waals surface area contributed by atoms with Gasteiger partial charge in [-0.1, -0.05) is 18.2 Å². The molecule has 2 nitrogen and oxygen atoms in total. The van der Waals surface area contributed by atoms with E-state index in [9.17, 15) is 13.6 Å². The van der Waals surface area contributed by atoms with Gasteiger partial charge in [0.05, 0.1) is 0 Å². The van der Waals surface area contributed by atoms with Crippen molar-refractivity contribution in [2.45, 2.75) is 5.92 Å². The summed E-state index contributed by atoms with van der Waals surface area (Å²) in [4.78, 5) is 14.3. The maximum atomic E-state index is 14.1. The second-order valence-corrected chi connectivity index (χ2v) is 3.55. The average molecular weight is 233 g/mol. The lowest BCUT2D eigenvalue weighted by atomic mass is 10.00. The lowest BCUT2D eigenvalue weighted by Crippen LogP contribution is -2.15. The Morgan fingerprint density at radius 3 is 2.41 bits per heavy atom. The van der Waals surface area contributed by atoms with E-state index in [2.05, 4.69) is 4.98 Å². The van der Waals surface area contributed by atoms with Gasteiger partial charge in [-0.15, -0.1) is 0 Å². The van der Waals surface area contributed by atoms with Gasteiger partial charge in [0, 0.05) is 29.1 Å². The first-order valence-electron chi connectivity index (χ1n) is 4.98. The quantitative estimate of drug-likeness (QED) is 0.763. The normalized spacial score (nSPS) is 11.2. The van der Waals surface area contributed by atoms with Crippen molar-refractivity contribution < 1.29 is 13.6 Å². The molecule has 0 atom stereocenters. The van der Waals surface area contributed by atoms with E-state index in [0.717, 1.165) is 0 Å². The number of alkyl halides is 2. The van der Waals surface area contributed by atoms with E-state index in [1.54, 1.807) is 0 Å². The van der Waals surface area contributed by atoms with E-state index in [1.165, 1.54) is 48.8 Å². The van der Waals surface area contributed by atoms with Crippen LogP contribution in [0.3, 0.4) is 0 Å². The number of carbonyl (C=O) groups excluding carboxylic acids is 1. The number of hydrogen-bond acceptors (Lipinski definition) is 2. The minimum atomic E-state index is -3.12. The zero-order chi connectivity index (χ0) is 12.3. The summed E-state index contributed by atoms with van der Waals surface area (Å²) >= 11 is 0. The van der Waals surface area contributed by atoms with Crippen LogP contribution in [0.15, 0.2) is 48.8 Å². The number of aromatic nitrogens is 1. The van der Waals surface area contributed by atoms with Crippen LogP contribution >= 0.6 is 0 Å². The summed E-state index contributed by atoms with van der Waals surface area (Å²) in [5.41, 5.74) is -0.111. The first kappa shape index (κ1) is 11.4. The number of rotatable bonds is 3. The smallest absolute Gasteiger partial charge is 0.298 e. The lowest BCUT2D eigenvalue weighted by molar-refractivity contribution is 0.0427. The predicted octanol–water partition coefficient (Wildman–Crippen LogP) is 3.03. The van der Waals surface area contributed by atoms with E-state index in [-0.39, 0.29) is 16.7 Å². The van der Waals surface area contributed by atoms with Crippen LogP contribution in [0, 0.1) is 0 Å². The molecular formula is C13H9F2NO. The molecule has 0 fully saturated rings. The molecule has 0 N–H and O–H groups in total. The largest absolute Gasteiger partial charge is 0.298 e. The van der Waals surface area contributed by atoms with Crippen LogP contribution in [-0.2, 0) is 5.92 Å². The van der Waals surface area contributed by atoms with Gasteiger partial charge in [0.15, 0.2) is 0 Å². The lowest BCUT2D eigenvalue weighted by Gasteiger charge is -2.17.